The zero-order chi connectivity index (χ0) is 11.0. The molecule has 1 aromatic heterocycles. The van der Waals surface area contributed by atoms with Crippen molar-refractivity contribution in [2.45, 2.75) is 6.54 Å². The highest BCUT2D eigenvalue weighted by atomic mass is 16.3. The van der Waals surface area contributed by atoms with E-state index in [1.807, 2.05) is 25.4 Å². The second-order valence-corrected chi connectivity index (χ2v) is 3.95. The van der Waals surface area contributed by atoms with Crippen molar-refractivity contribution in [3.63, 3.8) is 0 Å². The van der Waals surface area contributed by atoms with E-state index in [2.05, 4.69) is 29.6 Å². The molecule has 0 amide bonds. The first-order valence-electron chi connectivity index (χ1n) is 5.42. The SMILES string of the molecule is CNCc1coc2c1ccc1ccccc12. The van der Waals surface area contributed by atoms with Gasteiger partial charge in [0.1, 0.15) is 5.58 Å². The first-order chi connectivity index (χ1) is 7.90. The van der Waals surface area contributed by atoms with Crippen molar-refractivity contribution in [1.82, 2.24) is 5.32 Å². The van der Waals surface area contributed by atoms with E-state index in [-0.39, 0.29) is 0 Å². The van der Waals surface area contributed by atoms with Crippen molar-refractivity contribution in [2.24, 2.45) is 0 Å². The second kappa shape index (κ2) is 3.65. The molecule has 0 saturated carbocycles. The Labute approximate surface area is 93.9 Å². The largest absolute Gasteiger partial charge is 0.463 e. The minimum Gasteiger partial charge on any atom is -0.463 e. The summed E-state index contributed by atoms with van der Waals surface area (Å²) in [5, 5.41) is 6.76. The van der Waals surface area contributed by atoms with Gasteiger partial charge in [-0.05, 0) is 12.4 Å². The smallest absolute Gasteiger partial charge is 0.142 e. The number of nitrogens with one attached hydrogen (secondary N) is 1. The van der Waals surface area contributed by atoms with E-state index in [4.69, 9.17) is 4.42 Å². The Kier molecular flexibility index (Phi) is 2.15. The molecule has 0 spiro atoms. The van der Waals surface area contributed by atoms with Gasteiger partial charge in [0.15, 0.2) is 0 Å². The summed E-state index contributed by atoms with van der Waals surface area (Å²) in [5.41, 5.74) is 2.20. The first-order valence-corrected chi connectivity index (χ1v) is 5.42. The van der Waals surface area contributed by atoms with Crippen LogP contribution in [0.4, 0.5) is 0 Å². The van der Waals surface area contributed by atoms with Crippen LogP contribution < -0.4 is 5.32 Å². The Morgan fingerprint density at radius 2 is 1.94 bits per heavy atom. The summed E-state index contributed by atoms with van der Waals surface area (Å²) in [6.45, 7) is 0.839. The molecule has 0 radical (unpaired) electrons. The van der Waals surface area contributed by atoms with E-state index in [9.17, 15) is 0 Å². The molecule has 16 heavy (non-hydrogen) atoms. The zero-order valence-electron chi connectivity index (χ0n) is 9.16. The molecule has 2 heteroatoms. The maximum Gasteiger partial charge on any atom is 0.142 e. The maximum atomic E-state index is 5.67. The first kappa shape index (κ1) is 9.43. The van der Waals surface area contributed by atoms with Gasteiger partial charge in [0.05, 0.1) is 6.26 Å². The number of furan rings is 1. The summed E-state index contributed by atoms with van der Waals surface area (Å²) < 4.78 is 5.67. The second-order valence-electron chi connectivity index (χ2n) is 3.95. The van der Waals surface area contributed by atoms with Gasteiger partial charge < -0.3 is 9.73 Å². The molecular weight excluding hydrogens is 198 g/mol. The standard InChI is InChI=1S/C14H13NO/c1-15-8-11-9-16-14-12-5-3-2-4-10(12)6-7-13(11)14/h2-7,9,15H,8H2,1H3. The van der Waals surface area contributed by atoms with E-state index in [1.54, 1.807) is 0 Å². The molecular formula is C14H13NO. The van der Waals surface area contributed by atoms with E-state index < -0.39 is 0 Å². The van der Waals surface area contributed by atoms with Crippen LogP contribution >= 0.6 is 0 Å². The van der Waals surface area contributed by atoms with Gasteiger partial charge in [0.2, 0.25) is 0 Å². The lowest BCUT2D eigenvalue weighted by atomic mass is 10.1. The van der Waals surface area contributed by atoms with Gasteiger partial charge in [-0.3, -0.25) is 0 Å². The van der Waals surface area contributed by atoms with Crippen LogP contribution in [0, 0.1) is 0 Å². The molecule has 0 saturated heterocycles. The van der Waals surface area contributed by atoms with Gasteiger partial charge in [0, 0.05) is 22.9 Å². The molecule has 1 heterocycles. The third-order valence-electron chi connectivity index (χ3n) is 2.91. The highest BCUT2D eigenvalue weighted by molar-refractivity contribution is 6.05. The third-order valence-corrected chi connectivity index (χ3v) is 2.91. The number of fused-ring (bicyclic) bond motifs is 3. The van der Waals surface area contributed by atoms with Crippen LogP contribution in [0.25, 0.3) is 21.7 Å². The Morgan fingerprint density at radius 1 is 1.06 bits per heavy atom. The van der Waals surface area contributed by atoms with Crippen molar-refractivity contribution < 1.29 is 4.42 Å². The molecule has 2 nitrogen and oxygen atoms in total. The molecule has 0 aliphatic heterocycles. The Morgan fingerprint density at radius 3 is 2.81 bits per heavy atom. The fourth-order valence-electron chi connectivity index (χ4n) is 2.14. The molecule has 80 valence electrons. The summed E-state index contributed by atoms with van der Waals surface area (Å²) in [5.74, 6) is 0. The average molecular weight is 211 g/mol. The molecule has 0 fully saturated rings. The Bertz CT molecular complexity index is 639. The van der Waals surface area contributed by atoms with Crippen LogP contribution in [0.15, 0.2) is 47.1 Å². The topological polar surface area (TPSA) is 25.2 Å². The van der Waals surface area contributed by atoms with Gasteiger partial charge >= 0.3 is 0 Å². The predicted octanol–water partition coefficient (Wildman–Crippen LogP) is 3.31. The van der Waals surface area contributed by atoms with Crippen molar-refractivity contribution >= 4 is 21.7 Å². The molecule has 3 rings (SSSR count). The van der Waals surface area contributed by atoms with Crippen molar-refractivity contribution in [1.29, 1.82) is 0 Å². The van der Waals surface area contributed by atoms with E-state index in [0.29, 0.717) is 0 Å². The minimum atomic E-state index is 0.839. The summed E-state index contributed by atoms with van der Waals surface area (Å²) in [7, 11) is 1.94. The number of benzene rings is 2. The molecule has 2 aromatic carbocycles. The average Bonchev–Trinajstić information content (AvgIpc) is 2.73. The highest BCUT2D eigenvalue weighted by Gasteiger charge is 2.07. The summed E-state index contributed by atoms with van der Waals surface area (Å²) >= 11 is 0. The van der Waals surface area contributed by atoms with Gasteiger partial charge in [0.25, 0.3) is 0 Å². The quantitative estimate of drug-likeness (QED) is 0.703. The lowest BCUT2D eigenvalue weighted by Crippen LogP contribution is -2.03. The van der Waals surface area contributed by atoms with E-state index in [1.165, 1.54) is 21.7 Å². The fourth-order valence-corrected chi connectivity index (χ4v) is 2.14. The van der Waals surface area contributed by atoms with Gasteiger partial charge in [-0.15, -0.1) is 0 Å². The predicted molar refractivity (Wildman–Crippen MR) is 66.5 cm³/mol. The fraction of sp³-hybridized carbons (Fsp3) is 0.143. The third kappa shape index (κ3) is 1.31. The van der Waals surface area contributed by atoms with Crippen LogP contribution in [0.2, 0.25) is 0 Å². The van der Waals surface area contributed by atoms with Gasteiger partial charge in [-0.2, -0.15) is 0 Å². The zero-order valence-corrected chi connectivity index (χ0v) is 9.16. The lowest BCUT2D eigenvalue weighted by molar-refractivity contribution is 0.610. The normalized spacial score (nSPS) is 11.3. The van der Waals surface area contributed by atoms with Gasteiger partial charge in [-0.1, -0.05) is 36.4 Å². The van der Waals surface area contributed by atoms with Crippen LogP contribution in [0.1, 0.15) is 5.56 Å². The lowest BCUT2D eigenvalue weighted by Gasteiger charge is -1.99. The molecule has 1 N–H and O–H groups in total. The van der Waals surface area contributed by atoms with E-state index in [0.717, 1.165) is 12.1 Å². The summed E-state index contributed by atoms with van der Waals surface area (Å²) in [4.78, 5) is 0. The van der Waals surface area contributed by atoms with Gasteiger partial charge in [-0.25, -0.2) is 0 Å². The molecule has 3 aromatic rings. The number of hydrogen-bond donors (Lipinski definition) is 1. The molecule has 0 bridgehead atoms. The summed E-state index contributed by atoms with van der Waals surface area (Å²) in [6, 6.07) is 12.6. The van der Waals surface area contributed by atoms with Crippen molar-refractivity contribution in [3.8, 4) is 0 Å². The Balaban J connectivity index is 2.36. The number of hydrogen-bond acceptors (Lipinski definition) is 2. The monoisotopic (exact) mass is 211 g/mol. The maximum absolute atomic E-state index is 5.67. The Hall–Kier alpha value is -1.80. The van der Waals surface area contributed by atoms with Crippen LogP contribution in [0.5, 0.6) is 0 Å². The van der Waals surface area contributed by atoms with Crippen molar-refractivity contribution in [3.05, 3.63) is 48.2 Å². The molecule has 0 aliphatic rings. The van der Waals surface area contributed by atoms with Crippen LogP contribution in [-0.4, -0.2) is 7.05 Å². The molecule has 0 unspecified atom stereocenters. The highest BCUT2D eigenvalue weighted by Crippen LogP contribution is 2.28. The van der Waals surface area contributed by atoms with Crippen LogP contribution in [0.3, 0.4) is 0 Å². The minimum absolute atomic E-state index is 0.839. The van der Waals surface area contributed by atoms with Crippen LogP contribution in [-0.2, 0) is 6.54 Å². The number of rotatable bonds is 2. The van der Waals surface area contributed by atoms with E-state index >= 15 is 0 Å². The van der Waals surface area contributed by atoms with Crippen molar-refractivity contribution in [2.75, 3.05) is 7.05 Å². The molecule has 0 aliphatic carbocycles. The molecule has 0 atom stereocenters. The summed E-state index contributed by atoms with van der Waals surface area (Å²) in [6.07, 6.45) is 1.84.